The van der Waals surface area contributed by atoms with E-state index >= 15 is 0 Å². The Morgan fingerprint density at radius 2 is 2.21 bits per heavy atom. The number of carboxylic acid groups (broad SMARTS) is 1. The minimum Gasteiger partial charge on any atom is -0.477 e. The largest absolute Gasteiger partial charge is 0.477 e. The highest BCUT2D eigenvalue weighted by Gasteiger charge is 2.57. The molecule has 0 aromatic heterocycles. The molecular weight excluding hydrogens is 276 g/mol. The molecule has 2 amide bonds. The fourth-order valence-corrected chi connectivity index (χ4v) is 3.61. The molecule has 9 heteroatoms. The Morgan fingerprint density at radius 1 is 1.58 bits per heavy atom. The molecule has 0 saturated carbocycles. The molecule has 0 bridgehead atoms. The SMILES string of the molecule is C[C@@H](O)[C@H]1C(=O)N2C(C(=O)O)=C(COC(N)=O)S[C@H]12. The maximum atomic E-state index is 11.8. The third-order valence-electron chi connectivity index (χ3n) is 2.92. The summed E-state index contributed by atoms with van der Waals surface area (Å²) in [4.78, 5) is 34.9. The van der Waals surface area contributed by atoms with Crippen LogP contribution in [-0.4, -0.2) is 51.2 Å². The lowest BCUT2D eigenvalue weighted by molar-refractivity contribution is -0.156. The lowest BCUT2D eigenvalue weighted by atomic mass is 9.92. The van der Waals surface area contributed by atoms with Crippen LogP contribution in [0.15, 0.2) is 10.6 Å². The summed E-state index contributed by atoms with van der Waals surface area (Å²) < 4.78 is 4.56. The smallest absolute Gasteiger partial charge is 0.404 e. The molecule has 2 aliphatic heterocycles. The van der Waals surface area contributed by atoms with Gasteiger partial charge in [-0.3, -0.25) is 9.69 Å². The highest BCUT2D eigenvalue weighted by Crippen LogP contribution is 2.50. The lowest BCUT2D eigenvalue weighted by Gasteiger charge is -2.43. The molecule has 0 spiro atoms. The molecule has 1 saturated heterocycles. The maximum absolute atomic E-state index is 11.8. The molecule has 104 valence electrons. The summed E-state index contributed by atoms with van der Waals surface area (Å²) >= 11 is 1.09. The summed E-state index contributed by atoms with van der Waals surface area (Å²) in [6.07, 6.45) is -1.89. The molecule has 2 rings (SSSR count). The van der Waals surface area contributed by atoms with Crippen molar-refractivity contribution in [2.45, 2.75) is 18.4 Å². The van der Waals surface area contributed by atoms with Gasteiger partial charge >= 0.3 is 12.1 Å². The molecular formula is C10H12N2O6S. The molecule has 1 fully saturated rings. The summed E-state index contributed by atoms with van der Waals surface area (Å²) in [5.41, 5.74) is 4.61. The first-order valence-corrected chi connectivity index (χ1v) is 6.29. The van der Waals surface area contributed by atoms with Crippen molar-refractivity contribution in [3.8, 4) is 0 Å². The molecule has 0 unspecified atom stereocenters. The van der Waals surface area contributed by atoms with E-state index in [0.29, 0.717) is 0 Å². The average Bonchev–Trinajstić information content (AvgIpc) is 2.60. The number of β-lactam (4-membered cyclic amide) rings is 1. The molecule has 0 radical (unpaired) electrons. The number of aliphatic hydroxyl groups is 1. The minimum absolute atomic E-state index is 0.210. The summed E-state index contributed by atoms with van der Waals surface area (Å²) in [6.45, 7) is 1.17. The number of rotatable bonds is 4. The number of aliphatic hydroxyl groups excluding tert-OH is 1. The Bertz CT molecular complexity index is 488. The van der Waals surface area contributed by atoms with E-state index in [0.717, 1.165) is 16.7 Å². The van der Waals surface area contributed by atoms with E-state index in [1.165, 1.54) is 6.92 Å². The highest BCUT2D eigenvalue weighted by atomic mass is 32.2. The Hall–Kier alpha value is -1.74. The third-order valence-corrected chi connectivity index (χ3v) is 4.26. The molecule has 0 aliphatic carbocycles. The van der Waals surface area contributed by atoms with Crippen molar-refractivity contribution >= 4 is 29.7 Å². The lowest BCUT2D eigenvalue weighted by Crippen LogP contribution is -2.60. The minimum atomic E-state index is -1.28. The van der Waals surface area contributed by atoms with Gasteiger partial charge in [0, 0.05) is 0 Å². The number of carboxylic acids is 1. The molecule has 0 aromatic carbocycles. The molecule has 8 nitrogen and oxygen atoms in total. The predicted octanol–water partition coefficient (Wildman–Crippen LogP) is -0.710. The summed E-state index contributed by atoms with van der Waals surface area (Å²) in [5.74, 6) is -2.38. The highest BCUT2D eigenvalue weighted by molar-refractivity contribution is 8.04. The number of hydrogen-bond acceptors (Lipinski definition) is 6. The van der Waals surface area contributed by atoms with E-state index in [9.17, 15) is 19.5 Å². The van der Waals surface area contributed by atoms with Gasteiger partial charge in [-0.15, -0.1) is 0 Å². The van der Waals surface area contributed by atoms with Crippen LogP contribution in [0, 0.1) is 5.92 Å². The van der Waals surface area contributed by atoms with Crippen LogP contribution in [0.4, 0.5) is 4.79 Å². The van der Waals surface area contributed by atoms with E-state index in [1.54, 1.807) is 0 Å². The van der Waals surface area contributed by atoms with Crippen molar-refractivity contribution in [3.05, 3.63) is 10.6 Å². The van der Waals surface area contributed by atoms with Gasteiger partial charge in [0.1, 0.15) is 17.7 Å². The summed E-state index contributed by atoms with van der Waals surface area (Å²) in [6, 6.07) is 0. The number of aliphatic carboxylic acids is 1. The zero-order valence-electron chi connectivity index (χ0n) is 9.90. The Labute approximate surface area is 112 Å². The quantitative estimate of drug-likeness (QED) is 0.582. The van der Waals surface area contributed by atoms with Crippen molar-refractivity contribution in [1.29, 1.82) is 0 Å². The van der Waals surface area contributed by atoms with Crippen molar-refractivity contribution in [2.24, 2.45) is 11.7 Å². The molecule has 0 aromatic rings. The number of nitrogens with zero attached hydrogens (tertiary/aromatic N) is 1. The van der Waals surface area contributed by atoms with Gasteiger partial charge < -0.3 is 20.7 Å². The second kappa shape index (κ2) is 4.74. The topological polar surface area (TPSA) is 130 Å². The predicted molar refractivity (Wildman–Crippen MR) is 63.6 cm³/mol. The monoisotopic (exact) mass is 288 g/mol. The van der Waals surface area contributed by atoms with Crippen LogP contribution >= 0.6 is 11.8 Å². The number of fused-ring (bicyclic) bond motifs is 1. The van der Waals surface area contributed by atoms with Gasteiger partial charge in [-0.05, 0) is 6.92 Å². The van der Waals surface area contributed by atoms with Crippen LogP contribution in [0.25, 0.3) is 0 Å². The summed E-state index contributed by atoms with van der Waals surface area (Å²) in [5, 5.41) is 18.1. The fraction of sp³-hybridized carbons (Fsp3) is 0.500. The number of primary amides is 1. The fourth-order valence-electron chi connectivity index (χ4n) is 2.09. The number of thioether (sulfide) groups is 1. The van der Waals surface area contributed by atoms with Crippen LogP contribution in [-0.2, 0) is 14.3 Å². The van der Waals surface area contributed by atoms with Crippen LogP contribution in [0.3, 0.4) is 0 Å². The number of nitrogens with two attached hydrogens (primary N) is 1. The van der Waals surface area contributed by atoms with Crippen LogP contribution in [0.1, 0.15) is 6.92 Å². The standard InChI is InChI=1S/C10H12N2O6S/c1-3(13)5-7(14)12-6(9(15)16)4(19-8(5)12)2-18-10(11)17/h3,5,8,13H,2H2,1H3,(H2,11,17)(H,15,16)/t3-,5+,8-/m1/s1. The first kappa shape index (κ1) is 13.7. The number of ether oxygens (including phenoxy) is 1. The average molecular weight is 288 g/mol. The van der Waals surface area contributed by atoms with Gasteiger partial charge in [-0.2, -0.15) is 0 Å². The normalized spacial score (nSPS) is 26.8. The van der Waals surface area contributed by atoms with Crippen molar-refractivity contribution in [2.75, 3.05) is 6.61 Å². The Morgan fingerprint density at radius 3 is 2.68 bits per heavy atom. The summed E-state index contributed by atoms with van der Waals surface area (Å²) in [7, 11) is 0. The van der Waals surface area contributed by atoms with Gasteiger partial charge in [0.25, 0.3) is 0 Å². The Balaban J connectivity index is 2.21. The zero-order chi connectivity index (χ0) is 14.3. The first-order valence-electron chi connectivity index (χ1n) is 5.41. The number of carbonyl (C=O) groups excluding carboxylic acids is 2. The second-order valence-corrected chi connectivity index (χ2v) is 5.38. The van der Waals surface area contributed by atoms with Gasteiger partial charge in [0.15, 0.2) is 0 Å². The molecule has 4 N–H and O–H groups in total. The molecule has 3 atom stereocenters. The number of carbonyl (C=O) groups is 3. The van der Waals surface area contributed by atoms with Crippen LogP contribution in [0.2, 0.25) is 0 Å². The van der Waals surface area contributed by atoms with Crippen molar-refractivity contribution in [1.82, 2.24) is 4.90 Å². The molecule has 19 heavy (non-hydrogen) atoms. The van der Waals surface area contributed by atoms with Gasteiger partial charge in [-0.1, -0.05) is 11.8 Å². The first-order chi connectivity index (χ1) is 8.84. The third kappa shape index (κ3) is 2.15. The van der Waals surface area contributed by atoms with E-state index in [2.05, 4.69) is 4.74 Å². The molecule has 2 heterocycles. The van der Waals surface area contributed by atoms with Gasteiger partial charge in [0.2, 0.25) is 5.91 Å². The van der Waals surface area contributed by atoms with E-state index in [1.807, 2.05) is 0 Å². The number of amides is 2. The maximum Gasteiger partial charge on any atom is 0.404 e. The van der Waals surface area contributed by atoms with Gasteiger partial charge in [0.05, 0.1) is 16.9 Å². The van der Waals surface area contributed by atoms with Crippen molar-refractivity contribution in [3.63, 3.8) is 0 Å². The van der Waals surface area contributed by atoms with Gasteiger partial charge in [-0.25, -0.2) is 9.59 Å². The van der Waals surface area contributed by atoms with E-state index < -0.39 is 35.4 Å². The van der Waals surface area contributed by atoms with E-state index in [4.69, 9.17) is 10.8 Å². The zero-order valence-corrected chi connectivity index (χ0v) is 10.7. The molecule has 2 aliphatic rings. The van der Waals surface area contributed by atoms with E-state index in [-0.39, 0.29) is 17.2 Å². The van der Waals surface area contributed by atoms with Crippen LogP contribution in [0.5, 0.6) is 0 Å². The Kier molecular flexibility index (Phi) is 3.42. The second-order valence-electron chi connectivity index (χ2n) is 4.17. The number of hydrogen-bond donors (Lipinski definition) is 3. The van der Waals surface area contributed by atoms with Crippen LogP contribution < -0.4 is 5.73 Å². The van der Waals surface area contributed by atoms with Crippen molar-refractivity contribution < 1.29 is 29.3 Å².